The SMILES string of the molecule is COC(=O)C(C)(C)N=C/C(=N\N)C(=O)NCc1nnc(-c2ccccc2)s1. The fourth-order valence-corrected chi connectivity index (χ4v) is 2.73. The van der Waals surface area contributed by atoms with Crippen LogP contribution in [0.15, 0.2) is 40.4 Å². The van der Waals surface area contributed by atoms with Crippen LogP contribution in [-0.2, 0) is 20.9 Å². The third kappa shape index (κ3) is 5.42. The van der Waals surface area contributed by atoms with E-state index in [4.69, 9.17) is 5.84 Å². The van der Waals surface area contributed by atoms with Crippen molar-refractivity contribution in [3.63, 3.8) is 0 Å². The Labute approximate surface area is 160 Å². The lowest BCUT2D eigenvalue weighted by molar-refractivity contribution is -0.145. The topological polar surface area (TPSA) is 132 Å². The van der Waals surface area contributed by atoms with Gasteiger partial charge in [0, 0.05) is 5.56 Å². The highest BCUT2D eigenvalue weighted by atomic mass is 32.1. The minimum absolute atomic E-state index is 0.125. The van der Waals surface area contributed by atoms with Crippen molar-refractivity contribution < 1.29 is 14.3 Å². The van der Waals surface area contributed by atoms with Gasteiger partial charge >= 0.3 is 5.97 Å². The van der Waals surface area contributed by atoms with Crippen molar-refractivity contribution in [3.05, 3.63) is 35.3 Å². The van der Waals surface area contributed by atoms with Gasteiger partial charge in [0.25, 0.3) is 5.91 Å². The lowest BCUT2D eigenvalue weighted by Gasteiger charge is -2.15. The maximum Gasteiger partial charge on any atom is 0.333 e. The summed E-state index contributed by atoms with van der Waals surface area (Å²) in [5, 5.41) is 15.6. The Hall–Kier alpha value is -3.14. The van der Waals surface area contributed by atoms with E-state index >= 15 is 0 Å². The maximum atomic E-state index is 12.2. The lowest BCUT2D eigenvalue weighted by Crippen LogP contribution is -2.35. The van der Waals surface area contributed by atoms with Gasteiger partial charge < -0.3 is 15.9 Å². The summed E-state index contributed by atoms with van der Waals surface area (Å²) in [4.78, 5) is 27.8. The second-order valence-electron chi connectivity index (χ2n) is 5.87. The number of esters is 1. The maximum absolute atomic E-state index is 12.2. The molecule has 0 spiro atoms. The van der Waals surface area contributed by atoms with Crippen molar-refractivity contribution in [2.75, 3.05) is 7.11 Å². The van der Waals surface area contributed by atoms with Crippen LogP contribution in [0.2, 0.25) is 0 Å². The van der Waals surface area contributed by atoms with Gasteiger partial charge in [0.2, 0.25) is 0 Å². The number of nitrogens with two attached hydrogens (primary N) is 1. The molecule has 142 valence electrons. The third-order valence-corrected chi connectivity index (χ3v) is 4.43. The van der Waals surface area contributed by atoms with Gasteiger partial charge in [0.05, 0.1) is 19.9 Å². The molecule has 0 fully saturated rings. The first-order chi connectivity index (χ1) is 12.9. The number of carbonyl (C=O) groups excluding carboxylic acids is 2. The summed E-state index contributed by atoms with van der Waals surface area (Å²) in [6.07, 6.45) is 1.14. The Balaban J connectivity index is 1.98. The molecule has 1 aromatic heterocycles. The van der Waals surface area contributed by atoms with Gasteiger partial charge in [-0.3, -0.25) is 9.79 Å². The summed E-state index contributed by atoms with van der Waals surface area (Å²) in [6.45, 7) is 3.26. The van der Waals surface area contributed by atoms with Crippen LogP contribution in [0, 0.1) is 0 Å². The number of ether oxygens (including phenoxy) is 1. The molecule has 1 aromatic carbocycles. The number of aromatic nitrogens is 2. The van der Waals surface area contributed by atoms with E-state index in [9.17, 15) is 9.59 Å². The van der Waals surface area contributed by atoms with Crippen LogP contribution in [0.5, 0.6) is 0 Å². The average Bonchev–Trinajstić information content (AvgIpc) is 3.15. The molecule has 2 rings (SSSR count). The van der Waals surface area contributed by atoms with E-state index in [1.54, 1.807) is 13.8 Å². The third-order valence-electron chi connectivity index (χ3n) is 3.45. The summed E-state index contributed by atoms with van der Waals surface area (Å²) < 4.78 is 4.65. The molecule has 3 N–H and O–H groups in total. The molecular formula is C17H20N6O3S. The predicted octanol–water partition coefficient (Wildman–Crippen LogP) is 1.16. The van der Waals surface area contributed by atoms with Crippen molar-refractivity contribution in [2.45, 2.75) is 25.9 Å². The first kappa shape index (κ1) is 20.2. The molecule has 1 heterocycles. The van der Waals surface area contributed by atoms with Crippen molar-refractivity contribution in [1.82, 2.24) is 15.5 Å². The molecule has 0 radical (unpaired) electrons. The lowest BCUT2D eigenvalue weighted by atomic mass is 10.1. The van der Waals surface area contributed by atoms with Crippen molar-refractivity contribution >= 4 is 35.1 Å². The second kappa shape index (κ2) is 8.99. The molecule has 0 aliphatic heterocycles. The molecule has 0 unspecified atom stereocenters. The van der Waals surface area contributed by atoms with E-state index in [1.165, 1.54) is 18.4 Å². The van der Waals surface area contributed by atoms with Crippen molar-refractivity contribution in [1.29, 1.82) is 0 Å². The van der Waals surface area contributed by atoms with E-state index in [2.05, 4.69) is 30.3 Å². The molecular weight excluding hydrogens is 368 g/mol. The molecule has 0 aliphatic rings. The van der Waals surface area contributed by atoms with Gasteiger partial charge in [-0.2, -0.15) is 5.10 Å². The number of nitrogens with one attached hydrogen (secondary N) is 1. The summed E-state index contributed by atoms with van der Waals surface area (Å²) in [5.41, 5.74) is -0.330. The standard InChI is InChI=1S/C17H20N6O3S/c1-17(2,16(25)26-3)20-9-12(21-18)14(24)19-10-13-22-23-15(27-13)11-7-5-4-6-8-11/h4-9H,10,18H2,1-3H3,(H,19,24)/b20-9?,21-12+. The zero-order chi connectivity index (χ0) is 19.9. The Morgan fingerprint density at radius 1 is 1.30 bits per heavy atom. The van der Waals surface area contributed by atoms with E-state index in [-0.39, 0.29) is 12.3 Å². The van der Waals surface area contributed by atoms with E-state index < -0.39 is 17.4 Å². The van der Waals surface area contributed by atoms with Crippen LogP contribution in [0.4, 0.5) is 0 Å². The predicted molar refractivity (Wildman–Crippen MR) is 103 cm³/mol. The number of hydrogen-bond donors (Lipinski definition) is 2. The Bertz CT molecular complexity index is 861. The zero-order valence-corrected chi connectivity index (χ0v) is 16.0. The number of rotatable bonds is 7. The smallest absolute Gasteiger partial charge is 0.333 e. The fraction of sp³-hybridized carbons (Fsp3) is 0.294. The van der Waals surface area contributed by atoms with Crippen molar-refractivity contribution in [2.24, 2.45) is 15.9 Å². The molecule has 0 bridgehead atoms. The zero-order valence-electron chi connectivity index (χ0n) is 15.2. The number of benzene rings is 1. The monoisotopic (exact) mass is 388 g/mol. The normalized spacial score (nSPS) is 12.2. The van der Waals surface area contributed by atoms with Crippen molar-refractivity contribution in [3.8, 4) is 10.6 Å². The molecule has 27 heavy (non-hydrogen) atoms. The largest absolute Gasteiger partial charge is 0.467 e. The molecule has 10 heteroatoms. The molecule has 2 aromatic rings. The summed E-state index contributed by atoms with van der Waals surface area (Å²) in [5.74, 6) is 4.17. The Morgan fingerprint density at radius 2 is 2.00 bits per heavy atom. The highest BCUT2D eigenvalue weighted by molar-refractivity contribution is 7.14. The van der Waals surface area contributed by atoms with Crippen LogP contribution < -0.4 is 11.2 Å². The van der Waals surface area contributed by atoms with Crippen LogP contribution in [-0.4, -0.2) is 46.6 Å². The first-order valence-corrected chi connectivity index (χ1v) is 8.76. The van der Waals surface area contributed by atoms with Gasteiger partial charge in [-0.25, -0.2) is 4.79 Å². The number of hydrogen-bond acceptors (Lipinski definition) is 9. The summed E-state index contributed by atoms with van der Waals surface area (Å²) >= 11 is 1.37. The molecule has 1 amide bonds. The number of nitrogens with zero attached hydrogens (tertiary/aromatic N) is 4. The van der Waals surface area contributed by atoms with Gasteiger partial charge in [-0.15, -0.1) is 10.2 Å². The number of hydrazone groups is 1. The Morgan fingerprint density at radius 3 is 2.63 bits per heavy atom. The number of carbonyl (C=O) groups is 2. The molecule has 9 nitrogen and oxygen atoms in total. The van der Waals surface area contributed by atoms with Crippen LogP contribution >= 0.6 is 11.3 Å². The average molecular weight is 388 g/mol. The molecule has 0 aliphatic carbocycles. The summed E-state index contributed by atoms with van der Waals surface area (Å²) in [7, 11) is 1.26. The van der Waals surface area contributed by atoms with Crippen LogP contribution in [0.1, 0.15) is 18.9 Å². The van der Waals surface area contributed by atoms with E-state index in [0.29, 0.717) is 5.01 Å². The molecule has 0 atom stereocenters. The first-order valence-electron chi connectivity index (χ1n) is 7.95. The molecule has 0 saturated heterocycles. The van der Waals surface area contributed by atoms with Gasteiger partial charge in [-0.1, -0.05) is 41.7 Å². The highest BCUT2D eigenvalue weighted by Crippen LogP contribution is 2.22. The Kier molecular flexibility index (Phi) is 6.72. The second-order valence-corrected chi connectivity index (χ2v) is 6.93. The number of amides is 1. The van der Waals surface area contributed by atoms with Gasteiger partial charge in [0.1, 0.15) is 10.0 Å². The molecule has 0 saturated carbocycles. The number of aliphatic imine (C=N–C) groups is 1. The van der Waals surface area contributed by atoms with E-state index in [0.717, 1.165) is 16.8 Å². The summed E-state index contributed by atoms with van der Waals surface area (Å²) in [6, 6.07) is 9.61. The van der Waals surface area contributed by atoms with Gasteiger partial charge in [0.15, 0.2) is 11.3 Å². The van der Waals surface area contributed by atoms with Gasteiger partial charge in [-0.05, 0) is 13.8 Å². The quantitative estimate of drug-likeness (QED) is 0.317. The fourth-order valence-electron chi connectivity index (χ4n) is 1.94. The van der Waals surface area contributed by atoms with E-state index in [1.807, 2.05) is 30.3 Å². The highest BCUT2D eigenvalue weighted by Gasteiger charge is 2.27. The van der Waals surface area contributed by atoms with Crippen LogP contribution in [0.25, 0.3) is 10.6 Å². The minimum atomic E-state index is -1.16. The minimum Gasteiger partial charge on any atom is -0.467 e. The van der Waals surface area contributed by atoms with Crippen LogP contribution in [0.3, 0.4) is 0 Å². The number of methoxy groups -OCH3 is 1.